The number of anilines is 3. The van der Waals surface area contributed by atoms with Gasteiger partial charge in [-0.1, -0.05) is 81.8 Å². The molecule has 7 rings (SSSR count). The lowest BCUT2D eigenvalue weighted by Crippen LogP contribution is -2.57. The van der Waals surface area contributed by atoms with E-state index in [1.54, 1.807) is 34.2 Å². The second kappa shape index (κ2) is 27.6. The number of nitrogens with zero attached hydrogens (tertiary/aromatic N) is 8. The molecule has 1 saturated heterocycles. The molecule has 4 atom stereocenters. The number of amides is 4. The van der Waals surface area contributed by atoms with Gasteiger partial charge in [0.15, 0.2) is 0 Å². The maximum Gasteiger partial charge on any atom is 0.248 e. The molecule has 1 aliphatic rings. The van der Waals surface area contributed by atoms with Gasteiger partial charge in [-0.3, -0.25) is 23.9 Å². The van der Waals surface area contributed by atoms with Crippen LogP contribution in [-0.2, 0) is 32.1 Å². The minimum atomic E-state index is -0.919. The molecule has 4 heterocycles. The molecule has 78 heavy (non-hydrogen) atoms. The molecule has 0 saturated carbocycles. The summed E-state index contributed by atoms with van der Waals surface area (Å²) in [6, 6.07) is 13.6. The lowest BCUT2D eigenvalue weighted by atomic mass is 9.85. The largest absolute Gasteiger partial charge is 0.491 e. The van der Waals surface area contributed by atoms with Gasteiger partial charge >= 0.3 is 0 Å². The number of fused-ring (bicyclic) bond motifs is 1. The van der Waals surface area contributed by atoms with E-state index in [-0.39, 0.29) is 48.2 Å². The molecule has 4 amide bonds. The van der Waals surface area contributed by atoms with Crippen LogP contribution < -0.4 is 26.0 Å². The minimum absolute atomic E-state index is 0.00738. The van der Waals surface area contributed by atoms with Crippen molar-refractivity contribution >= 4 is 74.7 Å². The highest BCUT2D eigenvalue weighted by Gasteiger charge is 2.44. The molecule has 1 fully saturated rings. The average Bonchev–Trinajstić information content (AvgIpc) is 4.24. The standard InChI is InChI=1S/C57H72ClFN12O6S/c1-8-69(9-2)25-15-18-50(73)65-47-30-43-46(60-34-61-54(43)64-40-23-24-45(59)44(58)28-40)31-49(47)77-27-14-10-11-16-41-32-70(68-67-41)26-13-12-17-51(74)66-53(57(5,6)7)56(76)71-33-42(72)29-48(71)55(75)63-36(3)38-19-21-39(22-20-38)52-37(4)62-35-78-52/h15,18-24,28,30-32,34-36,42,48,53,72H,8-14,16-17,25-27,29,33H2,1-7H3,(H,63,75)(H,65,73)(H,66,74)(H,60,61,64)/b18-15+/t36-,42-,48+,53-/m1/s1. The van der Waals surface area contributed by atoms with E-state index in [1.807, 2.05) is 76.7 Å². The Morgan fingerprint density at radius 1 is 0.987 bits per heavy atom. The number of benzene rings is 3. The Kier molecular flexibility index (Phi) is 20.8. The van der Waals surface area contributed by atoms with Gasteiger partial charge in [0.2, 0.25) is 23.6 Å². The van der Waals surface area contributed by atoms with E-state index in [4.69, 9.17) is 16.3 Å². The lowest BCUT2D eigenvalue weighted by Gasteiger charge is -2.35. The number of carbonyl (C=O) groups is 4. The summed E-state index contributed by atoms with van der Waals surface area (Å²) in [6.45, 7) is 16.9. The molecule has 6 aromatic rings. The van der Waals surface area contributed by atoms with Crippen LogP contribution in [0.15, 0.2) is 84.8 Å². The van der Waals surface area contributed by atoms with Crippen LogP contribution in [0.1, 0.15) is 109 Å². The first kappa shape index (κ1) is 58.8. The Labute approximate surface area is 464 Å². The summed E-state index contributed by atoms with van der Waals surface area (Å²) in [5.41, 5.74) is 6.45. The lowest BCUT2D eigenvalue weighted by molar-refractivity contribution is -0.144. The van der Waals surface area contributed by atoms with E-state index >= 15 is 0 Å². The third-order valence-corrected chi connectivity index (χ3v) is 15.0. The van der Waals surface area contributed by atoms with Crippen LogP contribution in [0.2, 0.25) is 5.02 Å². The smallest absolute Gasteiger partial charge is 0.248 e. The summed E-state index contributed by atoms with van der Waals surface area (Å²) < 4.78 is 21.9. The third-order valence-electron chi connectivity index (χ3n) is 13.7. The van der Waals surface area contributed by atoms with E-state index in [2.05, 4.69) is 65.3 Å². The molecule has 18 nitrogen and oxygen atoms in total. The Morgan fingerprint density at radius 3 is 2.49 bits per heavy atom. The maximum atomic E-state index is 14.2. The SMILES string of the molecule is CCN(CC)C/C=C/C(=O)Nc1cc2c(Nc3ccc(F)c(Cl)c3)ncnc2cc1OCCCCCc1cn(CCCCC(=O)N[C@H](C(=O)N2C[C@H](O)C[C@H]2C(=O)N[C@H](C)c2ccc(-c3scnc3C)cc2)C(C)(C)C)nn1. The minimum Gasteiger partial charge on any atom is -0.491 e. The zero-order valence-corrected chi connectivity index (χ0v) is 47.1. The molecule has 0 radical (unpaired) electrons. The highest BCUT2D eigenvalue weighted by molar-refractivity contribution is 7.13. The number of likely N-dealkylation sites (tertiary alicyclic amines) is 1. The second-order valence-corrected chi connectivity index (χ2v) is 22.0. The van der Waals surface area contributed by atoms with Gasteiger partial charge in [-0.05, 0) is 106 Å². The van der Waals surface area contributed by atoms with Crippen LogP contribution in [-0.4, -0.2) is 119 Å². The number of aliphatic hydroxyl groups excluding tert-OH is 1. The number of aromatic nitrogens is 6. The summed E-state index contributed by atoms with van der Waals surface area (Å²) in [5.74, 6) is -1.00. The Balaban J connectivity index is 0.853. The van der Waals surface area contributed by atoms with Gasteiger partial charge in [0.05, 0.1) is 56.8 Å². The number of halogens is 2. The Morgan fingerprint density at radius 2 is 1.77 bits per heavy atom. The quantitative estimate of drug-likeness (QED) is 0.0253. The van der Waals surface area contributed by atoms with Gasteiger partial charge in [-0.15, -0.1) is 16.4 Å². The van der Waals surface area contributed by atoms with Crippen molar-refractivity contribution in [2.75, 3.05) is 43.4 Å². The number of β-amino-alcohol motifs (C(OH)–C–C–N with tert-alkyl or cyclic N) is 1. The van der Waals surface area contributed by atoms with Crippen LogP contribution >= 0.6 is 22.9 Å². The first-order chi connectivity index (χ1) is 37.4. The predicted molar refractivity (Wildman–Crippen MR) is 303 cm³/mol. The fourth-order valence-electron chi connectivity index (χ4n) is 9.21. The summed E-state index contributed by atoms with van der Waals surface area (Å²) in [5, 5.41) is 32.1. The summed E-state index contributed by atoms with van der Waals surface area (Å²) >= 11 is 7.61. The van der Waals surface area contributed by atoms with Gasteiger partial charge in [-0.2, -0.15) is 0 Å². The molecule has 0 unspecified atom stereocenters. The maximum absolute atomic E-state index is 14.2. The van der Waals surface area contributed by atoms with Gasteiger partial charge in [0, 0.05) is 61.9 Å². The number of nitrogens with one attached hydrogen (secondary N) is 4. The van der Waals surface area contributed by atoms with Gasteiger partial charge < -0.3 is 40.9 Å². The van der Waals surface area contributed by atoms with Crippen molar-refractivity contribution in [3.8, 4) is 16.2 Å². The predicted octanol–water partition coefficient (Wildman–Crippen LogP) is 9.36. The highest BCUT2D eigenvalue weighted by atomic mass is 35.5. The molecular formula is C57H72ClFN12O6S. The molecular weight excluding hydrogens is 1040 g/mol. The molecule has 0 bridgehead atoms. The van der Waals surface area contributed by atoms with Crippen molar-refractivity contribution in [1.29, 1.82) is 0 Å². The van der Waals surface area contributed by atoms with E-state index in [9.17, 15) is 28.7 Å². The van der Waals surface area contributed by atoms with E-state index in [0.29, 0.717) is 72.8 Å². The zero-order chi connectivity index (χ0) is 55.9. The summed E-state index contributed by atoms with van der Waals surface area (Å²) in [6.07, 6.45) is 10.4. The molecule has 3 aromatic carbocycles. The Hall–Kier alpha value is -6.87. The van der Waals surface area contributed by atoms with Crippen molar-refractivity contribution in [2.45, 2.75) is 131 Å². The zero-order valence-electron chi connectivity index (χ0n) is 45.5. The first-order valence-corrected chi connectivity index (χ1v) is 28.0. The van der Waals surface area contributed by atoms with Crippen LogP contribution in [0, 0.1) is 18.2 Å². The molecule has 1 aliphatic heterocycles. The van der Waals surface area contributed by atoms with Gasteiger partial charge in [0.1, 0.15) is 35.8 Å². The molecule has 416 valence electrons. The number of unbranched alkanes of at least 4 members (excludes halogenated alkanes) is 3. The molecule has 0 aliphatic carbocycles. The monoisotopic (exact) mass is 1110 g/mol. The number of carbonyl (C=O) groups excluding carboxylic acids is 4. The number of likely N-dealkylation sites (N-methyl/N-ethyl adjacent to an activating group) is 1. The number of aliphatic hydroxyl groups is 1. The number of aryl methyl sites for hydroxylation is 3. The van der Waals surface area contributed by atoms with Crippen molar-refractivity contribution in [3.05, 3.63) is 113 Å². The Bertz CT molecular complexity index is 3030. The number of thiazole rings is 1. The summed E-state index contributed by atoms with van der Waals surface area (Å²) in [4.78, 5) is 72.4. The van der Waals surface area contributed by atoms with Crippen LogP contribution in [0.4, 0.5) is 21.6 Å². The molecule has 21 heteroatoms. The van der Waals surface area contributed by atoms with Crippen molar-refractivity contribution < 1.29 is 33.4 Å². The second-order valence-electron chi connectivity index (χ2n) is 20.7. The van der Waals surface area contributed by atoms with Gasteiger partial charge in [-0.25, -0.2) is 19.3 Å². The first-order valence-electron chi connectivity index (χ1n) is 26.7. The van der Waals surface area contributed by atoms with Crippen molar-refractivity contribution in [1.82, 2.24) is 50.4 Å². The fraction of sp³-hybridized carbons (Fsp3) is 0.456. The van der Waals surface area contributed by atoms with Crippen molar-refractivity contribution in [3.63, 3.8) is 0 Å². The summed E-state index contributed by atoms with van der Waals surface area (Å²) in [7, 11) is 0. The fourth-order valence-corrected chi connectivity index (χ4v) is 10.2. The number of hydrogen-bond donors (Lipinski definition) is 5. The molecule has 3 aromatic heterocycles. The highest BCUT2D eigenvalue weighted by Crippen LogP contribution is 2.35. The number of hydrogen-bond acceptors (Lipinski definition) is 14. The van der Waals surface area contributed by atoms with Crippen molar-refractivity contribution in [2.24, 2.45) is 5.41 Å². The average molecular weight is 1110 g/mol. The molecule has 0 spiro atoms. The normalized spacial score (nSPS) is 15.4. The number of ether oxygens (including phenoxy) is 1. The van der Waals surface area contributed by atoms with Crippen LogP contribution in [0.25, 0.3) is 21.3 Å². The number of rotatable bonds is 26. The van der Waals surface area contributed by atoms with Crippen LogP contribution in [0.3, 0.4) is 0 Å². The topological polar surface area (TPSA) is 222 Å². The molecule has 5 N–H and O–H groups in total. The van der Waals surface area contributed by atoms with Crippen LogP contribution in [0.5, 0.6) is 5.75 Å². The van der Waals surface area contributed by atoms with Gasteiger partial charge in [0.25, 0.3) is 0 Å². The third kappa shape index (κ3) is 16.1. The van der Waals surface area contributed by atoms with E-state index in [1.165, 1.54) is 29.4 Å². The van der Waals surface area contributed by atoms with E-state index < -0.39 is 35.3 Å². The van der Waals surface area contributed by atoms with E-state index in [0.717, 1.165) is 59.7 Å².